The van der Waals surface area contributed by atoms with E-state index in [2.05, 4.69) is 33.1 Å². The van der Waals surface area contributed by atoms with Crippen LogP contribution in [-0.4, -0.2) is 66.3 Å². The average Bonchev–Trinajstić information content (AvgIpc) is 3.37. The molecule has 4 heterocycles. The van der Waals surface area contributed by atoms with Gasteiger partial charge in [0.2, 0.25) is 5.91 Å². The molecule has 4 rings (SSSR count). The minimum absolute atomic E-state index is 0.0915. The molecule has 3 fully saturated rings. The van der Waals surface area contributed by atoms with Crippen LogP contribution in [0.4, 0.5) is 0 Å². The Labute approximate surface area is 171 Å². The summed E-state index contributed by atoms with van der Waals surface area (Å²) in [7, 11) is 0. The molecular weight excluding hydrogens is 372 g/mol. The summed E-state index contributed by atoms with van der Waals surface area (Å²) in [5.41, 5.74) is 1.30. The van der Waals surface area contributed by atoms with Crippen molar-refractivity contribution in [2.45, 2.75) is 51.2 Å². The zero-order chi connectivity index (χ0) is 19.4. The molecule has 28 heavy (non-hydrogen) atoms. The van der Waals surface area contributed by atoms with E-state index in [9.17, 15) is 4.79 Å². The number of hydrogen-bond donors (Lipinski definition) is 1. The number of ether oxygens (including phenoxy) is 1. The summed E-state index contributed by atoms with van der Waals surface area (Å²) in [4.78, 5) is 18.4. The number of rotatable bonds is 4. The third-order valence-corrected chi connectivity index (χ3v) is 7.38. The second-order valence-corrected chi connectivity index (χ2v) is 9.44. The number of hydrogen-bond acceptors (Lipinski definition) is 5. The predicted molar refractivity (Wildman–Crippen MR) is 110 cm³/mol. The van der Waals surface area contributed by atoms with Crippen LogP contribution >= 0.6 is 11.3 Å². The summed E-state index contributed by atoms with van der Waals surface area (Å²) in [6, 6.07) is 2.14. The van der Waals surface area contributed by atoms with Crippen molar-refractivity contribution in [1.29, 1.82) is 0 Å². The van der Waals surface area contributed by atoms with E-state index >= 15 is 0 Å². The van der Waals surface area contributed by atoms with Crippen molar-refractivity contribution in [2.24, 2.45) is 5.41 Å². The van der Waals surface area contributed by atoms with Gasteiger partial charge in [0.1, 0.15) is 6.61 Å². The molecule has 3 saturated heterocycles. The molecule has 0 radical (unpaired) electrons. The summed E-state index contributed by atoms with van der Waals surface area (Å²) < 4.78 is 5.77. The first-order chi connectivity index (χ1) is 13.7. The van der Waals surface area contributed by atoms with Gasteiger partial charge >= 0.3 is 0 Å². The lowest BCUT2D eigenvalue weighted by molar-refractivity contribution is -0.141. The van der Waals surface area contributed by atoms with E-state index in [1.165, 1.54) is 17.7 Å². The highest BCUT2D eigenvalue weighted by Gasteiger charge is 2.41. The molecule has 5 nitrogen and oxygen atoms in total. The monoisotopic (exact) mass is 402 g/mol. The molecule has 0 aliphatic carbocycles. The first-order valence-corrected chi connectivity index (χ1v) is 11.3. The Bertz CT molecular complexity index is 736. The Morgan fingerprint density at radius 3 is 2.93 bits per heavy atom. The molecule has 0 saturated carbocycles. The third kappa shape index (κ3) is 4.77. The van der Waals surface area contributed by atoms with Crippen LogP contribution in [0.15, 0.2) is 11.4 Å². The van der Waals surface area contributed by atoms with Gasteiger partial charge in [0.15, 0.2) is 0 Å². The topological polar surface area (TPSA) is 53.0 Å². The van der Waals surface area contributed by atoms with Gasteiger partial charge in [0, 0.05) is 48.5 Å². The molecule has 0 bridgehead atoms. The van der Waals surface area contributed by atoms with Crippen LogP contribution in [0, 0.1) is 17.3 Å². The fourth-order valence-corrected chi connectivity index (χ4v) is 5.64. The molecule has 152 valence electrons. The van der Waals surface area contributed by atoms with Crippen molar-refractivity contribution < 1.29 is 14.6 Å². The number of likely N-dealkylation sites (tertiary alicyclic amines) is 2. The van der Waals surface area contributed by atoms with Crippen molar-refractivity contribution in [1.82, 2.24) is 9.80 Å². The van der Waals surface area contributed by atoms with Gasteiger partial charge in [-0.15, -0.1) is 11.3 Å². The van der Waals surface area contributed by atoms with Gasteiger partial charge < -0.3 is 14.7 Å². The number of aliphatic hydroxyl groups excluding tert-OH is 1. The van der Waals surface area contributed by atoms with E-state index in [0.717, 1.165) is 64.2 Å². The maximum Gasteiger partial charge on any atom is 0.222 e. The Hall–Kier alpha value is -1.39. The second-order valence-electron chi connectivity index (χ2n) is 8.45. The fraction of sp³-hybridized carbons (Fsp3) is 0.682. The first-order valence-electron chi connectivity index (χ1n) is 10.4. The van der Waals surface area contributed by atoms with Crippen LogP contribution in [0.2, 0.25) is 0 Å². The van der Waals surface area contributed by atoms with Gasteiger partial charge in [-0.1, -0.05) is 11.8 Å². The maximum absolute atomic E-state index is 12.4. The van der Waals surface area contributed by atoms with E-state index in [4.69, 9.17) is 9.84 Å². The predicted octanol–water partition coefficient (Wildman–Crippen LogP) is 2.48. The second kappa shape index (κ2) is 8.96. The normalized spacial score (nSPS) is 25.1. The largest absolute Gasteiger partial charge is 0.384 e. The summed E-state index contributed by atoms with van der Waals surface area (Å²) in [6.45, 7) is 5.63. The number of nitrogens with zero attached hydrogens (tertiary/aromatic N) is 2. The number of piperidine rings is 2. The van der Waals surface area contributed by atoms with Gasteiger partial charge in [-0.25, -0.2) is 0 Å². The van der Waals surface area contributed by atoms with Crippen LogP contribution in [0.1, 0.15) is 49.0 Å². The summed E-state index contributed by atoms with van der Waals surface area (Å²) in [5.74, 6) is 6.01. The number of aliphatic hydroxyl groups is 1. The minimum Gasteiger partial charge on any atom is -0.384 e. The Morgan fingerprint density at radius 1 is 1.32 bits per heavy atom. The zero-order valence-corrected chi connectivity index (χ0v) is 17.3. The number of carbonyl (C=O) groups is 1. The summed E-state index contributed by atoms with van der Waals surface area (Å²) in [6.07, 6.45) is 6.56. The van der Waals surface area contributed by atoms with E-state index in [1.807, 2.05) is 0 Å². The van der Waals surface area contributed by atoms with Crippen molar-refractivity contribution in [3.8, 4) is 11.8 Å². The molecule has 1 amide bonds. The molecule has 3 aliphatic rings. The quantitative estimate of drug-likeness (QED) is 0.786. The van der Waals surface area contributed by atoms with Crippen LogP contribution in [0.25, 0.3) is 0 Å². The highest BCUT2D eigenvalue weighted by Crippen LogP contribution is 2.41. The van der Waals surface area contributed by atoms with Gasteiger partial charge in [-0.05, 0) is 56.7 Å². The smallest absolute Gasteiger partial charge is 0.222 e. The highest BCUT2D eigenvalue weighted by molar-refractivity contribution is 7.10. The lowest BCUT2D eigenvalue weighted by Gasteiger charge is -2.47. The Morgan fingerprint density at radius 2 is 2.18 bits per heavy atom. The lowest BCUT2D eigenvalue weighted by Crippen LogP contribution is -2.52. The molecule has 0 unspecified atom stereocenters. The van der Waals surface area contributed by atoms with E-state index in [-0.39, 0.29) is 12.7 Å². The SMILES string of the molecule is O=C1CCC2(CCN(Cc3cc(C#CCO)cs3)CC2)CN1C[C@@H]1CCCO1. The zero-order valence-electron chi connectivity index (χ0n) is 16.5. The molecular formula is C22H30N2O3S. The van der Waals surface area contributed by atoms with Gasteiger partial charge in [0.25, 0.3) is 0 Å². The fourth-order valence-electron chi connectivity index (χ4n) is 4.79. The maximum atomic E-state index is 12.4. The average molecular weight is 403 g/mol. The van der Waals surface area contributed by atoms with Gasteiger partial charge in [0.05, 0.1) is 6.10 Å². The number of carbonyl (C=O) groups excluding carboxylic acids is 1. The van der Waals surface area contributed by atoms with Gasteiger partial charge in [-0.3, -0.25) is 9.69 Å². The Kier molecular flexibility index (Phi) is 6.37. The van der Waals surface area contributed by atoms with Crippen LogP contribution in [-0.2, 0) is 16.1 Å². The van der Waals surface area contributed by atoms with E-state index < -0.39 is 0 Å². The molecule has 1 aromatic heterocycles. The minimum atomic E-state index is -0.0915. The van der Waals surface area contributed by atoms with Crippen molar-refractivity contribution in [3.05, 3.63) is 21.9 Å². The first kappa shape index (κ1) is 19.9. The van der Waals surface area contributed by atoms with E-state index in [0.29, 0.717) is 17.7 Å². The van der Waals surface area contributed by atoms with Crippen LogP contribution < -0.4 is 0 Å². The van der Waals surface area contributed by atoms with Crippen molar-refractivity contribution in [3.63, 3.8) is 0 Å². The molecule has 3 aliphatic heterocycles. The van der Waals surface area contributed by atoms with Crippen molar-refractivity contribution >= 4 is 17.2 Å². The van der Waals surface area contributed by atoms with Crippen molar-refractivity contribution in [2.75, 3.05) is 39.4 Å². The molecule has 6 heteroatoms. The Balaban J connectivity index is 1.30. The molecule has 1 atom stereocenters. The number of thiophene rings is 1. The molecule has 1 N–H and O–H groups in total. The number of amides is 1. The summed E-state index contributed by atoms with van der Waals surface area (Å²) in [5, 5.41) is 10.9. The van der Waals surface area contributed by atoms with E-state index in [1.54, 1.807) is 11.3 Å². The summed E-state index contributed by atoms with van der Waals surface area (Å²) >= 11 is 1.75. The lowest BCUT2D eigenvalue weighted by atomic mass is 9.72. The highest BCUT2D eigenvalue weighted by atomic mass is 32.1. The third-order valence-electron chi connectivity index (χ3n) is 6.46. The standard InChI is InChI=1S/C22H30N2O3S/c25-11-1-3-18-13-20(28-16-18)15-23-9-7-22(8-10-23)6-5-21(26)24(17-22)14-19-4-2-12-27-19/h13,16,19,25H,2,4-12,14-15,17H2/t19-/m0/s1. The molecule has 1 aromatic rings. The van der Waals surface area contributed by atoms with Crippen LogP contribution in [0.3, 0.4) is 0 Å². The molecule has 0 aromatic carbocycles. The van der Waals surface area contributed by atoms with Gasteiger partial charge in [-0.2, -0.15) is 0 Å². The molecule has 1 spiro atoms. The van der Waals surface area contributed by atoms with Crippen LogP contribution in [0.5, 0.6) is 0 Å².